The molecule has 1 unspecified atom stereocenters. The minimum atomic E-state index is -0.951. The maximum atomic E-state index is 12.3. The van der Waals surface area contributed by atoms with Gasteiger partial charge in [0, 0.05) is 32.7 Å². The van der Waals surface area contributed by atoms with E-state index in [-0.39, 0.29) is 12.5 Å². The Kier molecular flexibility index (Phi) is 5.76. The first kappa shape index (κ1) is 19.3. The lowest BCUT2D eigenvalue weighted by molar-refractivity contribution is -0.139. The molecule has 8 nitrogen and oxygen atoms in total. The number of piperazine rings is 1. The average molecular weight is 373 g/mol. The van der Waals surface area contributed by atoms with E-state index < -0.39 is 17.5 Å². The second-order valence-corrected chi connectivity index (χ2v) is 7.33. The van der Waals surface area contributed by atoms with Gasteiger partial charge in [-0.15, -0.1) is 0 Å². The number of hydrazine groups is 1. The van der Waals surface area contributed by atoms with E-state index in [0.29, 0.717) is 6.42 Å². The summed E-state index contributed by atoms with van der Waals surface area (Å²) in [6.45, 7) is 7.83. The highest BCUT2D eigenvalue weighted by molar-refractivity contribution is 6.07. The van der Waals surface area contributed by atoms with E-state index in [1.54, 1.807) is 6.92 Å². The monoisotopic (exact) mass is 373 g/mol. The first-order valence-electron chi connectivity index (χ1n) is 9.36. The van der Waals surface area contributed by atoms with Crippen molar-refractivity contribution in [3.63, 3.8) is 0 Å². The van der Waals surface area contributed by atoms with Crippen molar-refractivity contribution in [1.29, 1.82) is 0 Å². The summed E-state index contributed by atoms with van der Waals surface area (Å²) in [7, 11) is 0. The summed E-state index contributed by atoms with van der Waals surface area (Å²) in [6, 6.07) is 9.73. The summed E-state index contributed by atoms with van der Waals surface area (Å²) in [5.74, 6) is -0.772. The van der Waals surface area contributed by atoms with Gasteiger partial charge >= 0.3 is 6.03 Å². The number of hydrogen-bond acceptors (Lipinski definition) is 5. The number of imide groups is 1. The number of amides is 4. The SMILES string of the molecule is CCC1(C)NC(=O)N(NC(=O)CN2CCN(Cc3ccccc3)CC2)C1=O. The van der Waals surface area contributed by atoms with Crippen LogP contribution in [0.15, 0.2) is 30.3 Å². The molecule has 1 aromatic rings. The van der Waals surface area contributed by atoms with Crippen molar-refractivity contribution < 1.29 is 14.4 Å². The molecule has 146 valence electrons. The molecule has 1 aromatic carbocycles. The van der Waals surface area contributed by atoms with Crippen molar-refractivity contribution in [2.75, 3.05) is 32.7 Å². The molecule has 1 atom stereocenters. The number of hydrogen-bond donors (Lipinski definition) is 2. The summed E-state index contributed by atoms with van der Waals surface area (Å²) in [5, 5.41) is 3.42. The Labute approximate surface area is 159 Å². The van der Waals surface area contributed by atoms with E-state index in [0.717, 1.165) is 37.7 Å². The first-order chi connectivity index (χ1) is 12.9. The Balaban J connectivity index is 1.45. The molecule has 2 aliphatic rings. The number of carbonyl (C=O) groups is 3. The number of carbonyl (C=O) groups excluding carboxylic acids is 3. The number of urea groups is 1. The number of rotatable bonds is 6. The van der Waals surface area contributed by atoms with Crippen molar-refractivity contribution in [1.82, 2.24) is 25.6 Å². The van der Waals surface area contributed by atoms with Crippen LogP contribution in [0.2, 0.25) is 0 Å². The molecule has 2 N–H and O–H groups in total. The fourth-order valence-corrected chi connectivity index (χ4v) is 3.34. The van der Waals surface area contributed by atoms with Gasteiger partial charge in [0.15, 0.2) is 0 Å². The molecule has 2 saturated heterocycles. The lowest BCUT2D eigenvalue weighted by atomic mass is 10.00. The van der Waals surface area contributed by atoms with Crippen molar-refractivity contribution >= 4 is 17.8 Å². The minimum absolute atomic E-state index is 0.166. The predicted molar refractivity (Wildman–Crippen MR) is 100 cm³/mol. The van der Waals surface area contributed by atoms with Gasteiger partial charge in [0.1, 0.15) is 5.54 Å². The van der Waals surface area contributed by atoms with Crippen molar-refractivity contribution in [2.45, 2.75) is 32.4 Å². The van der Waals surface area contributed by atoms with Crippen LogP contribution in [-0.4, -0.2) is 70.9 Å². The van der Waals surface area contributed by atoms with Crippen LogP contribution in [0.4, 0.5) is 4.79 Å². The highest BCUT2D eigenvalue weighted by Gasteiger charge is 2.47. The molecule has 2 fully saturated rings. The molecule has 0 spiro atoms. The van der Waals surface area contributed by atoms with Crippen LogP contribution >= 0.6 is 0 Å². The molecule has 4 amide bonds. The van der Waals surface area contributed by atoms with Gasteiger partial charge in [0.25, 0.3) is 11.8 Å². The van der Waals surface area contributed by atoms with Gasteiger partial charge in [-0.1, -0.05) is 37.3 Å². The van der Waals surface area contributed by atoms with Crippen molar-refractivity contribution in [3.8, 4) is 0 Å². The standard InChI is InChI=1S/C19H27N5O3/c1-3-19(2)17(26)24(18(27)20-19)21-16(25)14-23-11-9-22(10-12-23)13-15-7-5-4-6-8-15/h4-8H,3,9-14H2,1-2H3,(H,20,27)(H,21,25). The number of nitrogens with zero attached hydrogens (tertiary/aromatic N) is 3. The Morgan fingerprint density at radius 1 is 1.11 bits per heavy atom. The maximum Gasteiger partial charge on any atom is 0.344 e. The van der Waals surface area contributed by atoms with Crippen LogP contribution in [0.3, 0.4) is 0 Å². The molecule has 0 aromatic heterocycles. The highest BCUT2D eigenvalue weighted by atomic mass is 16.2. The average Bonchev–Trinajstić information content (AvgIpc) is 2.88. The van der Waals surface area contributed by atoms with Crippen LogP contribution in [0, 0.1) is 0 Å². The van der Waals surface area contributed by atoms with Gasteiger partial charge in [-0.05, 0) is 18.9 Å². The second-order valence-electron chi connectivity index (χ2n) is 7.33. The molecule has 2 heterocycles. The van der Waals surface area contributed by atoms with Crippen molar-refractivity contribution in [2.24, 2.45) is 0 Å². The van der Waals surface area contributed by atoms with Crippen LogP contribution in [-0.2, 0) is 16.1 Å². The molecular weight excluding hydrogens is 346 g/mol. The minimum Gasteiger partial charge on any atom is -0.322 e. The lowest BCUT2D eigenvalue weighted by Crippen LogP contribution is -2.53. The third kappa shape index (κ3) is 4.45. The van der Waals surface area contributed by atoms with Gasteiger partial charge in [-0.25, -0.2) is 4.79 Å². The van der Waals surface area contributed by atoms with Gasteiger partial charge in [-0.2, -0.15) is 5.01 Å². The summed E-state index contributed by atoms with van der Waals surface area (Å²) in [4.78, 5) is 41.0. The molecule has 0 saturated carbocycles. The molecule has 3 rings (SSSR count). The molecule has 2 aliphatic heterocycles. The fourth-order valence-electron chi connectivity index (χ4n) is 3.34. The normalized spacial score (nSPS) is 24.1. The predicted octanol–water partition coefficient (Wildman–Crippen LogP) is 0.556. The summed E-state index contributed by atoms with van der Waals surface area (Å²) >= 11 is 0. The summed E-state index contributed by atoms with van der Waals surface area (Å²) in [5.41, 5.74) is 2.77. The van der Waals surface area contributed by atoms with Crippen molar-refractivity contribution in [3.05, 3.63) is 35.9 Å². The zero-order valence-corrected chi connectivity index (χ0v) is 15.9. The van der Waals surface area contributed by atoms with Gasteiger partial charge in [-0.3, -0.25) is 24.8 Å². The summed E-state index contributed by atoms with van der Waals surface area (Å²) in [6.07, 6.45) is 0.466. The highest BCUT2D eigenvalue weighted by Crippen LogP contribution is 2.19. The molecule has 8 heteroatoms. The van der Waals surface area contributed by atoms with Gasteiger partial charge in [0.05, 0.1) is 6.54 Å². The third-order valence-corrected chi connectivity index (χ3v) is 5.29. The quantitative estimate of drug-likeness (QED) is 0.712. The van der Waals surface area contributed by atoms with Crippen LogP contribution in [0.5, 0.6) is 0 Å². The Bertz CT molecular complexity index is 703. The Morgan fingerprint density at radius 2 is 1.74 bits per heavy atom. The van der Waals surface area contributed by atoms with Crippen LogP contribution < -0.4 is 10.7 Å². The number of nitrogens with one attached hydrogen (secondary N) is 2. The van der Waals surface area contributed by atoms with E-state index in [4.69, 9.17) is 0 Å². The van der Waals surface area contributed by atoms with E-state index in [9.17, 15) is 14.4 Å². The smallest absolute Gasteiger partial charge is 0.322 e. The first-order valence-corrected chi connectivity index (χ1v) is 9.36. The number of benzene rings is 1. The van der Waals surface area contributed by atoms with Crippen LogP contribution in [0.25, 0.3) is 0 Å². The van der Waals surface area contributed by atoms with E-state index >= 15 is 0 Å². The molecular formula is C19H27N5O3. The molecule has 0 aliphatic carbocycles. The maximum absolute atomic E-state index is 12.3. The van der Waals surface area contributed by atoms with E-state index in [2.05, 4.69) is 27.8 Å². The van der Waals surface area contributed by atoms with E-state index in [1.165, 1.54) is 5.56 Å². The fraction of sp³-hybridized carbons (Fsp3) is 0.526. The lowest BCUT2D eigenvalue weighted by Gasteiger charge is -2.34. The van der Waals surface area contributed by atoms with Gasteiger partial charge in [0.2, 0.25) is 0 Å². The molecule has 27 heavy (non-hydrogen) atoms. The summed E-state index contributed by atoms with van der Waals surface area (Å²) < 4.78 is 0. The zero-order chi connectivity index (χ0) is 19.4. The largest absolute Gasteiger partial charge is 0.344 e. The Morgan fingerprint density at radius 3 is 2.33 bits per heavy atom. The third-order valence-electron chi connectivity index (χ3n) is 5.29. The molecule has 0 bridgehead atoms. The van der Waals surface area contributed by atoms with E-state index in [1.807, 2.05) is 30.0 Å². The topological polar surface area (TPSA) is 85.0 Å². The van der Waals surface area contributed by atoms with Gasteiger partial charge < -0.3 is 5.32 Å². The zero-order valence-electron chi connectivity index (χ0n) is 15.9. The van der Waals surface area contributed by atoms with Crippen LogP contribution in [0.1, 0.15) is 25.8 Å². The Hall–Kier alpha value is -2.45. The second kappa shape index (κ2) is 8.06. The molecule has 0 radical (unpaired) electrons.